The molecule has 3 heterocycles. The van der Waals surface area contributed by atoms with Crippen molar-refractivity contribution >= 4 is 22.8 Å². The number of carbonyl (C=O) groups excluding carboxylic acids is 1. The second-order valence-electron chi connectivity index (χ2n) is 8.66. The number of hydrogen-bond acceptors (Lipinski definition) is 5. The zero-order valence-electron chi connectivity index (χ0n) is 19.3. The van der Waals surface area contributed by atoms with E-state index in [1.54, 1.807) is 6.33 Å². The van der Waals surface area contributed by atoms with E-state index in [2.05, 4.69) is 43.1 Å². The molecule has 0 unspecified atom stereocenters. The van der Waals surface area contributed by atoms with E-state index in [9.17, 15) is 4.79 Å². The van der Waals surface area contributed by atoms with Gasteiger partial charge in [-0.3, -0.25) is 4.79 Å². The smallest absolute Gasteiger partial charge is 0.217 e. The molecular formula is C25H34N6O. The number of hydrogen-bond donors (Lipinski definition) is 2. The summed E-state index contributed by atoms with van der Waals surface area (Å²) >= 11 is 0. The Balaban J connectivity index is 0.00000119. The van der Waals surface area contributed by atoms with Gasteiger partial charge in [-0.1, -0.05) is 32.0 Å². The van der Waals surface area contributed by atoms with E-state index >= 15 is 0 Å². The van der Waals surface area contributed by atoms with Gasteiger partial charge < -0.3 is 20.5 Å². The molecule has 7 heteroatoms. The van der Waals surface area contributed by atoms with Gasteiger partial charge >= 0.3 is 0 Å². The van der Waals surface area contributed by atoms with Crippen LogP contribution in [0, 0.1) is 5.92 Å². The summed E-state index contributed by atoms with van der Waals surface area (Å²) in [6.07, 6.45) is 7.47. The number of amides is 1. The number of nitrogen functional groups attached to an aromatic ring is 1. The van der Waals surface area contributed by atoms with E-state index in [-0.39, 0.29) is 5.91 Å². The molecule has 7 nitrogen and oxygen atoms in total. The second kappa shape index (κ2) is 9.69. The van der Waals surface area contributed by atoms with Gasteiger partial charge in [0.05, 0.1) is 5.39 Å². The maximum Gasteiger partial charge on any atom is 0.217 e. The van der Waals surface area contributed by atoms with Gasteiger partial charge in [-0.05, 0) is 55.5 Å². The van der Waals surface area contributed by atoms with Crippen LogP contribution in [0.3, 0.4) is 0 Å². The molecule has 0 bridgehead atoms. The van der Waals surface area contributed by atoms with Crippen molar-refractivity contribution in [2.24, 2.45) is 5.92 Å². The molecule has 170 valence electrons. The Morgan fingerprint density at radius 1 is 1.22 bits per heavy atom. The van der Waals surface area contributed by atoms with Crippen LogP contribution in [0.2, 0.25) is 0 Å². The van der Waals surface area contributed by atoms with Crippen LogP contribution >= 0.6 is 0 Å². The predicted octanol–water partition coefficient (Wildman–Crippen LogP) is 4.00. The first-order valence-electron chi connectivity index (χ1n) is 11.8. The number of rotatable bonds is 6. The second-order valence-corrected chi connectivity index (χ2v) is 8.66. The van der Waals surface area contributed by atoms with Crippen molar-refractivity contribution in [1.29, 1.82) is 0 Å². The van der Waals surface area contributed by atoms with E-state index in [4.69, 9.17) is 5.73 Å². The summed E-state index contributed by atoms with van der Waals surface area (Å²) < 4.78 is 2.30. The minimum absolute atomic E-state index is 0.0348. The fourth-order valence-electron chi connectivity index (χ4n) is 4.69. The van der Waals surface area contributed by atoms with E-state index in [1.165, 1.54) is 45.8 Å². The summed E-state index contributed by atoms with van der Waals surface area (Å²) in [7, 11) is 0. The SMILES string of the molecule is CC.CC(=O)NCc1cccc(-c2cn(C3CC(CN4CCC4)C3)c3ncnc(N)c23)c1. The summed E-state index contributed by atoms with van der Waals surface area (Å²) in [5.74, 6) is 1.25. The van der Waals surface area contributed by atoms with Gasteiger partial charge in [-0.15, -0.1) is 0 Å². The first-order chi connectivity index (χ1) is 15.6. The molecule has 0 atom stereocenters. The number of nitrogens with zero attached hydrogens (tertiary/aromatic N) is 4. The Morgan fingerprint density at radius 2 is 2.00 bits per heavy atom. The van der Waals surface area contributed by atoms with Gasteiger partial charge in [0.25, 0.3) is 0 Å². The first-order valence-corrected chi connectivity index (χ1v) is 11.8. The molecule has 2 fully saturated rings. The molecule has 1 saturated heterocycles. The van der Waals surface area contributed by atoms with Crippen LogP contribution in [0.25, 0.3) is 22.2 Å². The Kier molecular flexibility index (Phi) is 6.74. The quantitative estimate of drug-likeness (QED) is 0.612. The number of carbonyl (C=O) groups is 1. The molecule has 1 aromatic carbocycles. The van der Waals surface area contributed by atoms with Crippen molar-refractivity contribution in [3.8, 4) is 11.1 Å². The molecule has 1 aliphatic heterocycles. The van der Waals surface area contributed by atoms with Gasteiger partial charge in [-0.25, -0.2) is 9.97 Å². The van der Waals surface area contributed by atoms with Crippen molar-refractivity contribution in [3.63, 3.8) is 0 Å². The van der Waals surface area contributed by atoms with Gasteiger partial charge in [-0.2, -0.15) is 0 Å². The van der Waals surface area contributed by atoms with Crippen molar-refractivity contribution < 1.29 is 4.79 Å². The maximum absolute atomic E-state index is 11.3. The minimum atomic E-state index is -0.0348. The van der Waals surface area contributed by atoms with Gasteiger partial charge in [0.2, 0.25) is 5.91 Å². The Morgan fingerprint density at radius 3 is 2.69 bits per heavy atom. The Labute approximate surface area is 190 Å². The molecule has 5 rings (SSSR count). The molecule has 3 N–H and O–H groups in total. The standard InChI is InChI=1S/C23H28N6O.C2H6/c1-15(30)25-11-16-4-2-5-18(8-16)20-13-29(23-21(20)22(24)26-14-27-23)19-9-17(10-19)12-28-6-3-7-28;1-2/h2,4-5,8,13-14,17,19H,3,6-7,9-12H2,1H3,(H,25,30)(H2,24,26,27);1-2H3. The van der Waals surface area contributed by atoms with Crippen LogP contribution in [-0.2, 0) is 11.3 Å². The lowest BCUT2D eigenvalue weighted by Crippen LogP contribution is -2.43. The lowest BCUT2D eigenvalue weighted by molar-refractivity contribution is -0.119. The molecule has 2 aromatic heterocycles. The minimum Gasteiger partial charge on any atom is -0.383 e. The highest BCUT2D eigenvalue weighted by molar-refractivity contribution is 6.00. The number of aromatic nitrogens is 3. The van der Waals surface area contributed by atoms with E-state index < -0.39 is 0 Å². The average Bonchev–Trinajstić information content (AvgIpc) is 3.12. The van der Waals surface area contributed by atoms with Crippen LogP contribution in [0.1, 0.15) is 51.6 Å². The molecule has 1 aliphatic carbocycles. The zero-order valence-corrected chi connectivity index (χ0v) is 19.3. The van der Waals surface area contributed by atoms with Gasteiger partial charge in [0.15, 0.2) is 0 Å². The highest BCUT2D eigenvalue weighted by Crippen LogP contribution is 2.43. The van der Waals surface area contributed by atoms with Crippen LogP contribution in [0.15, 0.2) is 36.8 Å². The highest BCUT2D eigenvalue weighted by Gasteiger charge is 2.34. The van der Waals surface area contributed by atoms with Crippen molar-refractivity contribution in [2.45, 2.75) is 52.6 Å². The number of benzene rings is 1. The first kappa shape index (κ1) is 22.3. The van der Waals surface area contributed by atoms with E-state index in [1.807, 2.05) is 26.0 Å². The van der Waals surface area contributed by atoms with Crippen LogP contribution in [0.5, 0.6) is 0 Å². The molecule has 1 saturated carbocycles. The molecule has 32 heavy (non-hydrogen) atoms. The van der Waals surface area contributed by atoms with Crippen LogP contribution in [-0.4, -0.2) is 45.0 Å². The van der Waals surface area contributed by atoms with Crippen molar-refractivity contribution in [3.05, 3.63) is 42.4 Å². The summed E-state index contributed by atoms with van der Waals surface area (Å²) in [5, 5.41) is 3.78. The Bertz CT molecular complexity index is 1080. The van der Waals surface area contributed by atoms with Crippen LogP contribution in [0.4, 0.5) is 5.82 Å². The average molecular weight is 435 g/mol. The lowest BCUT2D eigenvalue weighted by Gasteiger charge is -2.42. The highest BCUT2D eigenvalue weighted by atomic mass is 16.1. The number of nitrogens with two attached hydrogens (primary N) is 1. The third kappa shape index (κ3) is 4.48. The zero-order chi connectivity index (χ0) is 22.7. The largest absolute Gasteiger partial charge is 0.383 e. The molecule has 3 aromatic rings. The monoisotopic (exact) mass is 434 g/mol. The van der Waals surface area contributed by atoms with Crippen molar-refractivity contribution in [1.82, 2.24) is 24.8 Å². The third-order valence-electron chi connectivity index (χ3n) is 6.49. The number of fused-ring (bicyclic) bond motifs is 1. The summed E-state index contributed by atoms with van der Waals surface area (Å²) in [6.45, 7) is 9.79. The molecule has 2 aliphatic rings. The normalized spacial score (nSPS) is 20.1. The topological polar surface area (TPSA) is 89.1 Å². The van der Waals surface area contributed by atoms with Gasteiger partial charge in [0, 0.05) is 37.8 Å². The fourth-order valence-corrected chi connectivity index (χ4v) is 4.69. The molecule has 0 radical (unpaired) electrons. The summed E-state index contributed by atoms with van der Waals surface area (Å²) in [5.41, 5.74) is 10.4. The molecule has 0 spiro atoms. The number of anilines is 1. The summed E-state index contributed by atoms with van der Waals surface area (Å²) in [4.78, 5) is 22.7. The van der Waals surface area contributed by atoms with E-state index in [0.29, 0.717) is 18.4 Å². The lowest BCUT2D eigenvalue weighted by atomic mass is 9.79. The van der Waals surface area contributed by atoms with E-state index in [0.717, 1.165) is 33.6 Å². The molecular weight excluding hydrogens is 400 g/mol. The summed E-state index contributed by atoms with van der Waals surface area (Å²) in [6, 6.07) is 8.68. The van der Waals surface area contributed by atoms with Crippen molar-refractivity contribution in [2.75, 3.05) is 25.4 Å². The Hall–Kier alpha value is -2.93. The third-order valence-corrected chi connectivity index (χ3v) is 6.49. The fraction of sp³-hybridized carbons (Fsp3) is 0.480. The number of likely N-dealkylation sites (tertiary alicyclic amines) is 1. The van der Waals surface area contributed by atoms with Crippen LogP contribution < -0.4 is 11.1 Å². The van der Waals surface area contributed by atoms with Gasteiger partial charge in [0.1, 0.15) is 17.8 Å². The predicted molar refractivity (Wildman–Crippen MR) is 129 cm³/mol. The number of nitrogens with one attached hydrogen (secondary N) is 1. The molecule has 1 amide bonds. The maximum atomic E-state index is 11.3.